The molecular formula is C10H8O6. The molecule has 0 saturated carbocycles. The van der Waals surface area contributed by atoms with E-state index >= 15 is 0 Å². The highest BCUT2D eigenvalue weighted by atomic mass is 16.6. The molecule has 1 heterocycles. The smallest absolute Gasteiger partial charge is 0.502 e. The molecule has 6 nitrogen and oxygen atoms in total. The largest absolute Gasteiger partial charge is 0.503 e. The van der Waals surface area contributed by atoms with Crippen LogP contribution in [0.25, 0.3) is 11.0 Å². The van der Waals surface area contributed by atoms with Crippen LogP contribution in [0, 0.1) is 0 Å². The fraction of sp³-hybridized carbons (Fsp3) is 0. The highest BCUT2D eigenvalue weighted by molar-refractivity contribution is 5.77. The van der Waals surface area contributed by atoms with Gasteiger partial charge in [0, 0.05) is 5.39 Å². The van der Waals surface area contributed by atoms with Crippen molar-refractivity contribution in [3.8, 4) is 5.75 Å². The zero-order valence-electron chi connectivity index (χ0n) is 7.95. The summed E-state index contributed by atoms with van der Waals surface area (Å²) in [5.74, 6) is -0.353. The molecule has 1 aromatic carbocycles. The Bertz CT molecular complexity index is 552. The summed E-state index contributed by atoms with van der Waals surface area (Å²) in [6.45, 7) is 0. The minimum atomic E-state index is -1.83. The van der Waals surface area contributed by atoms with Crippen LogP contribution in [0.5, 0.6) is 5.75 Å². The van der Waals surface area contributed by atoms with Crippen molar-refractivity contribution in [3.05, 3.63) is 40.8 Å². The van der Waals surface area contributed by atoms with Crippen LogP contribution in [0.1, 0.15) is 0 Å². The van der Waals surface area contributed by atoms with Crippen molar-refractivity contribution in [2.45, 2.75) is 0 Å². The molecule has 0 spiro atoms. The van der Waals surface area contributed by atoms with Crippen molar-refractivity contribution in [2.24, 2.45) is 0 Å². The minimum Gasteiger partial charge on any atom is -0.502 e. The van der Waals surface area contributed by atoms with Crippen LogP contribution in [-0.4, -0.2) is 21.5 Å². The fourth-order valence-electron chi connectivity index (χ4n) is 1.05. The Morgan fingerprint density at radius 3 is 2.38 bits per heavy atom. The molecule has 0 unspecified atom stereocenters. The van der Waals surface area contributed by atoms with Gasteiger partial charge in [-0.25, -0.2) is 9.59 Å². The van der Waals surface area contributed by atoms with Crippen LogP contribution in [0.3, 0.4) is 0 Å². The van der Waals surface area contributed by atoms with E-state index in [4.69, 9.17) is 24.5 Å². The molecular weight excluding hydrogens is 216 g/mol. The lowest BCUT2D eigenvalue weighted by Crippen LogP contribution is -1.96. The molecule has 0 radical (unpaired) electrons. The Hall–Kier alpha value is -2.50. The van der Waals surface area contributed by atoms with E-state index in [0.717, 1.165) is 5.39 Å². The average molecular weight is 224 g/mol. The van der Waals surface area contributed by atoms with Crippen molar-refractivity contribution >= 4 is 17.1 Å². The summed E-state index contributed by atoms with van der Waals surface area (Å²) in [5, 5.41) is 23.7. The van der Waals surface area contributed by atoms with E-state index in [2.05, 4.69) is 0 Å². The molecule has 6 heteroatoms. The van der Waals surface area contributed by atoms with Crippen LogP contribution in [0.15, 0.2) is 39.5 Å². The molecule has 2 aromatic rings. The van der Waals surface area contributed by atoms with Gasteiger partial charge in [-0.2, -0.15) is 0 Å². The molecule has 0 aliphatic heterocycles. The number of carbonyl (C=O) groups is 1. The third-order valence-corrected chi connectivity index (χ3v) is 1.62. The van der Waals surface area contributed by atoms with Gasteiger partial charge in [-0.1, -0.05) is 18.2 Å². The first kappa shape index (κ1) is 11.6. The topological polar surface area (TPSA) is 108 Å². The highest BCUT2D eigenvalue weighted by Gasteiger charge is 2.00. The molecule has 2 rings (SSSR count). The van der Waals surface area contributed by atoms with Crippen LogP contribution >= 0.6 is 0 Å². The molecule has 0 saturated heterocycles. The molecule has 16 heavy (non-hydrogen) atoms. The third-order valence-electron chi connectivity index (χ3n) is 1.62. The van der Waals surface area contributed by atoms with E-state index < -0.39 is 11.8 Å². The van der Waals surface area contributed by atoms with Gasteiger partial charge in [0.25, 0.3) is 0 Å². The van der Waals surface area contributed by atoms with Gasteiger partial charge in [-0.15, -0.1) is 0 Å². The maximum atomic E-state index is 10.8. The molecule has 84 valence electrons. The summed E-state index contributed by atoms with van der Waals surface area (Å²) in [5.41, 5.74) is -0.214. The molecule has 0 fully saturated rings. The second-order valence-corrected chi connectivity index (χ2v) is 2.74. The van der Waals surface area contributed by atoms with E-state index in [1.807, 2.05) is 6.07 Å². The molecule has 0 bridgehead atoms. The van der Waals surface area contributed by atoms with Gasteiger partial charge in [0.1, 0.15) is 5.58 Å². The summed E-state index contributed by atoms with van der Waals surface area (Å²) in [4.78, 5) is 19.4. The maximum absolute atomic E-state index is 10.8. The number of hydrogen-bond acceptors (Lipinski definition) is 4. The van der Waals surface area contributed by atoms with Crippen LogP contribution in [-0.2, 0) is 0 Å². The minimum absolute atomic E-state index is 0.353. The van der Waals surface area contributed by atoms with Crippen molar-refractivity contribution < 1.29 is 24.5 Å². The number of benzene rings is 1. The normalized spacial score (nSPS) is 9.25. The maximum Gasteiger partial charge on any atom is 0.503 e. The predicted octanol–water partition coefficient (Wildman–Crippen LogP) is 1.72. The molecule has 0 aliphatic rings. The Morgan fingerprint density at radius 1 is 1.19 bits per heavy atom. The first-order valence-electron chi connectivity index (χ1n) is 4.14. The Morgan fingerprint density at radius 2 is 1.75 bits per heavy atom. The van der Waals surface area contributed by atoms with Crippen LogP contribution in [0.2, 0.25) is 0 Å². The third kappa shape index (κ3) is 3.02. The predicted molar refractivity (Wildman–Crippen MR) is 54.8 cm³/mol. The van der Waals surface area contributed by atoms with Crippen molar-refractivity contribution in [3.63, 3.8) is 0 Å². The highest BCUT2D eigenvalue weighted by Crippen LogP contribution is 2.14. The van der Waals surface area contributed by atoms with Gasteiger partial charge in [0.05, 0.1) is 0 Å². The number of para-hydroxylation sites is 1. The lowest BCUT2D eigenvalue weighted by molar-refractivity contribution is 0.137. The van der Waals surface area contributed by atoms with Crippen molar-refractivity contribution in [1.82, 2.24) is 0 Å². The number of aromatic hydroxyl groups is 1. The quantitative estimate of drug-likeness (QED) is 0.588. The number of hydrogen-bond donors (Lipinski definition) is 3. The number of carboxylic acid groups (broad SMARTS) is 2. The van der Waals surface area contributed by atoms with Gasteiger partial charge >= 0.3 is 11.8 Å². The first-order valence-corrected chi connectivity index (χ1v) is 4.14. The van der Waals surface area contributed by atoms with Crippen molar-refractivity contribution in [1.29, 1.82) is 0 Å². The van der Waals surface area contributed by atoms with E-state index in [0.29, 0.717) is 5.58 Å². The first-order chi connectivity index (χ1) is 7.50. The zero-order chi connectivity index (χ0) is 12.1. The Labute approximate surface area is 89.0 Å². The van der Waals surface area contributed by atoms with Gasteiger partial charge in [-0.3, -0.25) is 0 Å². The summed E-state index contributed by atoms with van der Waals surface area (Å²) >= 11 is 0. The zero-order valence-corrected chi connectivity index (χ0v) is 7.95. The van der Waals surface area contributed by atoms with Gasteiger partial charge in [0.2, 0.25) is 5.75 Å². The van der Waals surface area contributed by atoms with E-state index in [1.54, 1.807) is 18.2 Å². The lowest BCUT2D eigenvalue weighted by Gasteiger charge is -1.94. The Balaban J connectivity index is 0.000000280. The van der Waals surface area contributed by atoms with Crippen molar-refractivity contribution in [2.75, 3.05) is 0 Å². The van der Waals surface area contributed by atoms with Gasteiger partial charge in [0.15, 0.2) is 0 Å². The van der Waals surface area contributed by atoms with Gasteiger partial charge < -0.3 is 19.7 Å². The second kappa shape index (κ2) is 4.83. The lowest BCUT2D eigenvalue weighted by atomic mass is 10.2. The average Bonchev–Trinajstić information content (AvgIpc) is 2.19. The molecule has 0 amide bonds. The summed E-state index contributed by atoms with van der Waals surface area (Å²) in [6, 6.07) is 8.40. The summed E-state index contributed by atoms with van der Waals surface area (Å²) in [7, 11) is 0. The molecule has 3 N–H and O–H groups in total. The summed E-state index contributed by atoms with van der Waals surface area (Å²) < 4.78 is 4.79. The Kier molecular flexibility index (Phi) is 3.49. The summed E-state index contributed by atoms with van der Waals surface area (Å²) in [6.07, 6.45) is -1.83. The van der Waals surface area contributed by atoms with E-state index in [-0.39, 0.29) is 5.75 Å². The van der Waals surface area contributed by atoms with Crippen LogP contribution in [0.4, 0.5) is 4.79 Å². The van der Waals surface area contributed by atoms with E-state index in [1.165, 1.54) is 6.07 Å². The van der Waals surface area contributed by atoms with E-state index in [9.17, 15) is 4.79 Å². The molecule has 0 atom stereocenters. The number of rotatable bonds is 0. The standard InChI is InChI=1S/C9H6O3.CH2O3/c10-7-5-6-3-1-2-4-8(6)12-9(7)11;2-1(3)4/h1-5,10H;(H2,2,3,4). The monoisotopic (exact) mass is 224 g/mol. The molecule has 1 aromatic heterocycles. The van der Waals surface area contributed by atoms with Crippen LogP contribution < -0.4 is 5.63 Å². The SMILES string of the molecule is O=C(O)O.O=c1oc2ccccc2cc1O. The number of fused-ring (bicyclic) bond motifs is 1. The molecule has 0 aliphatic carbocycles. The van der Waals surface area contributed by atoms with Gasteiger partial charge in [-0.05, 0) is 12.1 Å². The fourth-order valence-corrected chi connectivity index (χ4v) is 1.05. The second-order valence-electron chi connectivity index (χ2n) is 2.74.